The zero-order chi connectivity index (χ0) is 10.6. The molecule has 3 N–H and O–H groups in total. The highest BCUT2D eigenvalue weighted by Crippen LogP contribution is 2.10. The van der Waals surface area contributed by atoms with Gasteiger partial charge in [0.15, 0.2) is 0 Å². The van der Waals surface area contributed by atoms with Gasteiger partial charge in [-0.2, -0.15) is 0 Å². The number of rotatable bonds is 5. The van der Waals surface area contributed by atoms with Crippen molar-refractivity contribution >= 4 is 6.01 Å². The summed E-state index contributed by atoms with van der Waals surface area (Å²) < 4.78 is 10.4. The number of hydrogen-bond donors (Lipinski definition) is 2. The molecule has 1 aromatic heterocycles. The van der Waals surface area contributed by atoms with Gasteiger partial charge in [-0.1, -0.05) is 5.10 Å². The smallest absolute Gasteiger partial charge is 0.315 e. The van der Waals surface area contributed by atoms with Crippen LogP contribution in [0.4, 0.5) is 6.01 Å². The zero-order valence-electron chi connectivity index (χ0n) is 8.70. The molecule has 0 saturated carbocycles. The fraction of sp³-hybridized carbons (Fsp3) is 0.750. The highest BCUT2D eigenvalue weighted by molar-refractivity contribution is 5.17. The van der Waals surface area contributed by atoms with Gasteiger partial charge in [-0.05, 0) is 13.8 Å². The summed E-state index contributed by atoms with van der Waals surface area (Å²) in [5.41, 5.74) is 5.06. The molecule has 0 aliphatic rings. The standard InChI is InChI=1S/C8H16N4O2/c1-8(2,13-3)5-10-7-12-11-6(4-9)14-7/h4-5,9H2,1-3H3,(H,10,12). The Kier molecular flexibility index (Phi) is 3.43. The summed E-state index contributed by atoms with van der Waals surface area (Å²) in [5, 5.41) is 10.4. The first-order valence-corrected chi connectivity index (χ1v) is 4.39. The number of hydrogen-bond acceptors (Lipinski definition) is 6. The second-order valence-corrected chi connectivity index (χ2v) is 3.52. The number of aromatic nitrogens is 2. The summed E-state index contributed by atoms with van der Waals surface area (Å²) in [4.78, 5) is 0. The predicted molar refractivity (Wildman–Crippen MR) is 51.8 cm³/mol. The normalized spacial score (nSPS) is 11.7. The van der Waals surface area contributed by atoms with Crippen molar-refractivity contribution < 1.29 is 9.15 Å². The summed E-state index contributed by atoms with van der Waals surface area (Å²) >= 11 is 0. The minimum Gasteiger partial charge on any atom is -0.407 e. The Balaban J connectivity index is 2.45. The molecule has 1 rings (SSSR count). The maximum Gasteiger partial charge on any atom is 0.315 e. The minimum atomic E-state index is -0.267. The lowest BCUT2D eigenvalue weighted by Gasteiger charge is -2.22. The van der Waals surface area contributed by atoms with Crippen molar-refractivity contribution in [2.24, 2.45) is 5.73 Å². The fourth-order valence-corrected chi connectivity index (χ4v) is 0.768. The third-order valence-corrected chi connectivity index (χ3v) is 1.86. The molecule has 6 nitrogen and oxygen atoms in total. The van der Waals surface area contributed by atoms with Crippen LogP contribution in [0.25, 0.3) is 0 Å². The van der Waals surface area contributed by atoms with Crippen LogP contribution in [0.2, 0.25) is 0 Å². The molecule has 80 valence electrons. The van der Waals surface area contributed by atoms with Gasteiger partial charge in [-0.15, -0.1) is 5.10 Å². The third kappa shape index (κ3) is 2.97. The third-order valence-electron chi connectivity index (χ3n) is 1.86. The quantitative estimate of drug-likeness (QED) is 0.714. The van der Waals surface area contributed by atoms with Crippen LogP contribution in [-0.4, -0.2) is 29.5 Å². The molecule has 0 unspecified atom stereocenters. The molecular weight excluding hydrogens is 184 g/mol. The van der Waals surface area contributed by atoms with Gasteiger partial charge in [0.2, 0.25) is 5.89 Å². The number of anilines is 1. The Morgan fingerprint density at radius 2 is 2.21 bits per heavy atom. The Morgan fingerprint density at radius 1 is 1.50 bits per heavy atom. The van der Waals surface area contributed by atoms with Gasteiger partial charge in [-0.25, -0.2) is 0 Å². The van der Waals surface area contributed by atoms with E-state index in [-0.39, 0.29) is 12.1 Å². The SMILES string of the molecule is COC(C)(C)CNc1nnc(CN)o1. The van der Waals surface area contributed by atoms with E-state index in [1.165, 1.54) is 0 Å². The van der Waals surface area contributed by atoms with Gasteiger partial charge < -0.3 is 20.2 Å². The van der Waals surface area contributed by atoms with Crippen LogP contribution in [0, 0.1) is 0 Å². The minimum absolute atomic E-state index is 0.252. The lowest BCUT2D eigenvalue weighted by molar-refractivity contribution is 0.0339. The van der Waals surface area contributed by atoms with Gasteiger partial charge in [-0.3, -0.25) is 0 Å². The molecule has 1 heterocycles. The highest BCUT2D eigenvalue weighted by atomic mass is 16.5. The first kappa shape index (κ1) is 10.9. The average Bonchev–Trinajstić information content (AvgIpc) is 2.63. The lowest BCUT2D eigenvalue weighted by atomic mass is 10.1. The maximum atomic E-state index is 5.32. The Morgan fingerprint density at radius 3 is 2.71 bits per heavy atom. The van der Waals surface area contributed by atoms with Crippen LogP contribution < -0.4 is 11.1 Å². The van der Waals surface area contributed by atoms with Gasteiger partial charge in [0, 0.05) is 13.7 Å². The largest absolute Gasteiger partial charge is 0.407 e. The molecule has 6 heteroatoms. The van der Waals surface area contributed by atoms with Crippen LogP contribution in [-0.2, 0) is 11.3 Å². The van der Waals surface area contributed by atoms with Crippen molar-refractivity contribution in [3.05, 3.63) is 5.89 Å². The maximum absolute atomic E-state index is 5.32. The van der Waals surface area contributed by atoms with E-state index in [9.17, 15) is 0 Å². The van der Waals surface area contributed by atoms with E-state index < -0.39 is 0 Å². The summed E-state index contributed by atoms with van der Waals surface area (Å²) in [6.45, 7) is 4.76. The molecule has 0 bridgehead atoms. The van der Waals surface area contributed by atoms with E-state index >= 15 is 0 Å². The van der Waals surface area contributed by atoms with E-state index in [4.69, 9.17) is 14.9 Å². The van der Waals surface area contributed by atoms with Gasteiger partial charge in [0.05, 0.1) is 12.1 Å². The van der Waals surface area contributed by atoms with Crippen molar-refractivity contribution in [2.45, 2.75) is 26.0 Å². The van der Waals surface area contributed by atoms with Crippen molar-refractivity contribution in [3.8, 4) is 0 Å². The Labute approximate surface area is 82.8 Å². The van der Waals surface area contributed by atoms with Gasteiger partial charge in [0.25, 0.3) is 0 Å². The molecular formula is C8H16N4O2. The number of methoxy groups -OCH3 is 1. The molecule has 0 aliphatic heterocycles. The zero-order valence-corrected chi connectivity index (χ0v) is 8.70. The van der Waals surface area contributed by atoms with Crippen LogP contribution >= 0.6 is 0 Å². The first-order valence-electron chi connectivity index (χ1n) is 4.39. The van der Waals surface area contributed by atoms with Crippen LogP contribution in [0.1, 0.15) is 19.7 Å². The second-order valence-electron chi connectivity index (χ2n) is 3.52. The molecule has 1 aromatic rings. The number of nitrogens with zero attached hydrogens (tertiary/aromatic N) is 2. The highest BCUT2D eigenvalue weighted by Gasteiger charge is 2.17. The van der Waals surface area contributed by atoms with E-state index in [1.54, 1.807) is 7.11 Å². The van der Waals surface area contributed by atoms with Crippen molar-refractivity contribution in [2.75, 3.05) is 19.0 Å². The monoisotopic (exact) mass is 200 g/mol. The fourth-order valence-electron chi connectivity index (χ4n) is 0.768. The molecule has 0 fully saturated rings. The van der Waals surface area contributed by atoms with Crippen molar-refractivity contribution in [1.29, 1.82) is 0 Å². The van der Waals surface area contributed by atoms with Crippen LogP contribution in [0.3, 0.4) is 0 Å². The lowest BCUT2D eigenvalue weighted by Crippen LogP contribution is -2.32. The van der Waals surface area contributed by atoms with Crippen molar-refractivity contribution in [1.82, 2.24) is 10.2 Å². The molecule has 0 radical (unpaired) electrons. The summed E-state index contributed by atoms with van der Waals surface area (Å²) in [7, 11) is 1.65. The molecule has 0 aromatic carbocycles. The number of nitrogens with two attached hydrogens (primary N) is 1. The second kappa shape index (κ2) is 4.39. The van der Waals surface area contributed by atoms with E-state index in [0.717, 1.165) is 0 Å². The molecule has 0 spiro atoms. The van der Waals surface area contributed by atoms with E-state index in [0.29, 0.717) is 18.5 Å². The first-order chi connectivity index (χ1) is 6.57. The van der Waals surface area contributed by atoms with E-state index in [2.05, 4.69) is 15.5 Å². The summed E-state index contributed by atoms with van der Waals surface area (Å²) in [6.07, 6.45) is 0. The van der Waals surface area contributed by atoms with Crippen molar-refractivity contribution in [3.63, 3.8) is 0 Å². The molecule has 14 heavy (non-hydrogen) atoms. The number of ether oxygens (including phenoxy) is 1. The molecule has 0 aliphatic carbocycles. The number of nitrogens with one attached hydrogen (secondary N) is 1. The van der Waals surface area contributed by atoms with Crippen LogP contribution in [0.15, 0.2) is 4.42 Å². The average molecular weight is 200 g/mol. The summed E-state index contributed by atoms with van der Waals surface area (Å²) in [5.74, 6) is 0.419. The molecule has 0 amide bonds. The van der Waals surface area contributed by atoms with Gasteiger partial charge >= 0.3 is 6.01 Å². The van der Waals surface area contributed by atoms with Crippen LogP contribution in [0.5, 0.6) is 0 Å². The Bertz CT molecular complexity index is 285. The Hall–Kier alpha value is -1.14. The molecule has 0 atom stereocenters. The topological polar surface area (TPSA) is 86.2 Å². The van der Waals surface area contributed by atoms with Gasteiger partial charge in [0.1, 0.15) is 0 Å². The predicted octanol–water partition coefficient (Wildman–Crippen LogP) is 0.365. The molecule has 0 saturated heterocycles. The van der Waals surface area contributed by atoms with E-state index in [1.807, 2.05) is 13.8 Å². The summed E-state index contributed by atoms with van der Waals surface area (Å²) in [6, 6.07) is 0.371.